The SMILES string of the molecule is COC(=O)c1cc(NCC(=O)N(C)C)ncc1N. The van der Waals surface area contributed by atoms with Crippen LogP contribution in [-0.2, 0) is 9.53 Å². The van der Waals surface area contributed by atoms with Crippen molar-refractivity contribution < 1.29 is 14.3 Å². The summed E-state index contributed by atoms with van der Waals surface area (Å²) in [4.78, 5) is 28.2. The molecule has 0 aliphatic rings. The number of pyridine rings is 1. The van der Waals surface area contributed by atoms with Crippen LogP contribution >= 0.6 is 0 Å². The second kappa shape index (κ2) is 5.85. The monoisotopic (exact) mass is 252 g/mol. The van der Waals surface area contributed by atoms with Crippen LogP contribution in [0.1, 0.15) is 10.4 Å². The molecular formula is C11H16N4O3. The number of methoxy groups -OCH3 is 1. The van der Waals surface area contributed by atoms with E-state index in [1.165, 1.54) is 24.3 Å². The lowest BCUT2D eigenvalue weighted by Crippen LogP contribution is -2.28. The topological polar surface area (TPSA) is 97.5 Å². The smallest absolute Gasteiger partial charge is 0.340 e. The van der Waals surface area contributed by atoms with E-state index < -0.39 is 5.97 Å². The van der Waals surface area contributed by atoms with Gasteiger partial charge in [-0.3, -0.25) is 4.79 Å². The van der Waals surface area contributed by atoms with Gasteiger partial charge in [-0.2, -0.15) is 0 Å². The van der Waals surface area contributed by atoms with Crippen molar-refractivity contribution >= 4 is 23.4 Å². The van der Waals surface area contributed by atoms with Gasteiger partial charge in [-0.15, -0.1) is 0 Å². The van der Waals surface area contributed by atoms with E-state index in [9.17, 15) is 9.59 Å². The number of rotatable bonds is 4. The lowest BCUT2D eigenvalue weighted by Gasteiger charge is -2.12. The molecule has 3 N–H and O–H groups in total. The average molecular weight is 252 g/mol. The molecule has 7 nitrogen and oxygen atoms in total. The number of nitrogens with two attached hydrogens (primary N) is 1. The number of amides is 1. The van der Waals surface area contributed by atoms with E-state index in [4.69, 9.17) is 5.73 Å². The van der Waals surface area contributed by atoms with Crippen molar-refractivity contribution in [3.8, 4) is 0 Å². The Kier molecular flexibility index (Phi) is 4.47. The first-order valence-electron chi connectivity index (χ1n) is 5.23. The molecule has 0 unspecified atom stereocenters. The number of anilines is 2. The summed E-state index contributed by atoms with van der Waals surface area (Å²) in [5.41, 5.74) is 6.05. The van der Waals surface area contributed by atoms with Gasteiger partial charge < -0.3 is 20.7 Å². The first-order chi connectivity index (χ1) is 8.45. The summed E-state index contributed by atoms with van der Waals surface area (Å²) in [5, 5.41) is 2.81. The molecule has 1 rings (SSSR count). The summed E-state index contributed by atoms with van der Waals surface area (Å²) in [5.74, 6) is -0.259. The van der Waals surface area contributed by atoms with Crippen LogP contribution in [0.4, 0.5) is 11.5 Å². The Labute approximate surface area is 105 Å². The number of aromatic nitrogens is 1. The molecule has 1 heterocycles. The Morgan fingerprint density at radius 2 is 2.17 bits per heavy atom. The van der Waals surface area contributed by atoms with Crippen LogP contribution in [0.15, 0.2) is 12.3 Å². The zero-order valence-corrected chi connectivity index (χ0v) is 10.6. The van der Waals surface area contributed by atoms with E-state index in [1.807, 2.05) is 0 Å². The third-order valence-electron chi connectivity index (χ3n) is 2.26. The molecule has 0 bridgehead atoms. The number of hydrogen-bond donors (Lipinski definition) is 2. The first-order valence-corrected chi connectivity index (χ1v) is 5.23. The van der Waals surface area contributed by atoms with Crippen LogP contribution in [0.3, 0.4) is 0 Å². The predicted molar refractivity (Wildman–Crippen MR) is 67.2 cm³/mol. The van der Waals surface area contributed by atoms with Crippen LogP contribution in [0.25, 0.3) is 0 Å². The number of hydrogen-bond acceptors (Lipinski definition) is 6. The van der Waals surface area contributed by atoms with Gasteiger partial charge in [0.25, 0.3) is 0 Å². The Bertz CT molecular complexity index is 460. The maximum atomic E-state index is 11.4. The van der Waals surface area contributed by atoms with Gasteiger partial charge in [0, 0.05) is 14.1 Å². The van der Waals surface area contributed by atoms with E-state index in [1.54, 1.807) is 14.1 Å². The highest BCUT2D eigenvalue weighted by atomic mass is 16.5. The summed E-state index contributed by atoms with van der Waals surface area (Å²) in [6.07, 6.45) is 1.34. The van der Waals surface area contributed by atoms with Crippen molar-refractivity contribution in [1.82, 2.24) is 9.88 Å². The predicted octanol–water partition coefficient (Wildman–Crippen LogP) is -0.0495. The normalized spacial score (nSPS) is 9.72. The highest BCUT2D eigenvalue weighted by Crippen LogP contribution is 2.15. The molecule has 1 aromatic rings. The Morgan fingerprint density at radius 3 is 2.72 bits per heavy atom. The molecule has 0 aromatic carbocycles. The van der Waals surface area contributed by atoms with E-state index in [0.29, 0.717) is 5.82 Å². The molecule has 7 heteroatoms. The van der Waals surface area contributed by atoms with Gasteiger partial charge in [0.1, 0.15) is 5.82 Å². The summed E-state index contributed by atoms with van der Waals surface area (Å²) in [7, 11) is 4.57. The van der Waals surface area contributed by atoms with Crippen molar-refractivity contribution in [2.45, 2.75) is 0 Å². The van der Waals surface area contributed by atoms with Crippen molar-refractivity contribution in [2.24, 2.45) is 0 Å². The number of nitrogens with one attached hydrogen (secondary N) is 1. The molecule has 98 valence electrons. The minimum absolute atomic E-state index is 0.0878. The lowest BCUT2D eigenvalue weighted by atomic mass is 10.2. The van der Waals surface area contributed by atoms with Crippen LogP contribution < -0.4 is 11.1 Å². The van der Waals surface area contributed by atoms with Crippen molar-refractivity contribution in [3.63, 3.8) is 0 Å². The molecule has 1 aromatic heterocycles. The van der Waals surface area contributed by atoms with Gasteiger partial charge in [-0.1, -0.05) is 0 Å². The maximum Gasteiger partial charge on any atom is 0.340 e. The Hall–Kier alpha value is -2.31. The van der Waals surface area contributed by atoms with Crippen LogP contribution in [-0.4, -0.2) is 49.5 Å². The fraction of sp³-hybridized carbons (Fsp3) is 0.364. The summed E-state index contributed by atoms with van der Waals surface area (Å²) >= 11 is 0. The Morgan fingerprint density at radius 1 is 1.50 bits per heavy atom. The quantitative estimate of drug-likeness (QED) is 0.729. The van der Waals surface area contributed by atoms with E-state index >= 15 is 0 Å². The second-order valence-electron chi connectivity index (χ2n) is 3.79. The fourth-order valence-corrected chi connectivity index (χ4v) is 1.17. The molecule has 18 heavy (non-hydrogen) atoms. The molecule has 1 amide bonds. The van der Waals surface area contributed by atoms with Crippen LogP contribution in [0.2, 0.25) is 0 Å². The lowest BCUT2D eigenvalue weighted by molar-refractivity contribution is -0.126. The van der Waals surface area contributed by atoms with Gasteiger partial charge in [0.15, 0.2) is 0 Å². The minimum Gasteiger partial charge on any atom is -0.465 e. The van der Waals surface area contributed by atoms with Gasteiger partial charge in [-0.25, -0.2) is 9.78 Å². The van der Waals surface area contributed by atoms with Crippen LogP contribution in [0, 0.1) is 0 Å². The second-order valence-corrected chi connectivity index (χ2v) is 3.79. The molecule has 0 spiro atoms. The van der Waals surface area contributed by atoms with Crippen LogP contribution in [0.5, 0.6) is 0 Å². The van der Waals surface area contributed by atoms with Gasteiger partial charge >= 0.3 is 5.97 Å². The molecule has 0 aliphatic heterocycles. The first kappa shape index (κ1) is 13.8. The number of carbonyl (C=O) groups is 2. The number of likely N-dealkylation sites (N-methyl/N-ethyl adjacent to an activating group) is 1. The highest BCUT2D eigenvalue weighted by Gasteiger charge is 2.12. The zero-order valence-electron chi connectivity index (χ0n) is 10.6. The highest BCUT2D eigenvalue weighted by molar-refractivity contribution is 5.95. The summed E-state index contributed by atoms with van der Waals surface area (Å²) in [6, 6.07) is 1.45. The van der Waals surface area contributed by atoms with E-state index in [2.05, 4.69) is 15.0 Å². The molecule has 0 saturated carbocycles. The Balaban J connectivity index is 2.79. The molecule has 0 fully saturated rings. The van der Waals surface area contributed by atoms with Crippen molar-refractivity contribution in [3.05, 3.63) is 17.8 Å². The van der Waals surface area contributed by atoms with Gasteiger partial charge in [0.2, 0.25) is 5.91 Å². The molecule has 0 radical (unpaired) electrons. The third kappa shape index (κ3) is 3.34. The van der Waals surface area contributed by atoms with E-state index in [0.717, 1.165) is 0 Å². The largest absolute Gasteiger partial charge is 0.465 e. The standard InChI is InChI=1S/C11H16N4O3/c1-15(2)10(16)6-14-9-4-7(11(17)18-3)8(12)5-13-9/h4-5H,6,12H2,1-3H3,(H,13,14). The zero-order chi connectivity index (χ0) is 13.7. The molecule has 0 aliphatic carbocycles. The molecular weight excluding hydrogens is 236 g/mol. The average Bonchev–Trinajstić information content (AvgIpc) is 2.36. The molecule has 0 atom stereocenters. The number of nitrogens with zero attached hydrogens (tertiary/aromatic N) is 2. The number of esters is 1. The summed E-state index contributed by atoms with van der Waals surface area (Å²) in [6.45, 7) is 0.0878. The number of nitrogen functional groups attached to an aromatic ring is 1. The summed E-state index contributed by atoms with van der Waals surface area (Å²) < 4.78 is 4.59. The van der Waals surface area contributed by atoms with E-state index in [-0.39, 0.29) is 23.7 Å². The van der Waals surface area contributed by atoms with Gasteiger partial charge in [-0.05, 0) is 6.07 Å². The van der Waals surface area contributed by atoms with Crippen molar-refractivity contribution in [2.75, 3.05) is 38.8 Å². The maximum absolute atomic E-state index is 11.4. The third-order valence-corrected chi connectivity index (χ3v) is 2.26. The van der Waals surface area contributed by atoms with Crippen molar-refractivity contribution in [1.29, 1.82) is 0 Å². The van der Waals surface area contributed by atoms with Gasteiger partial charge in [0.05, 0.1) is 31.1 Å². The number of carbonyl (C=O) groups excluding carboxylic acids is 2. The fourth-order valence-electron chi connectivity index (χ4n) is 1.17. The molecule has 0 saturated heterocycles. The minimum atomic E-state index is -0.545. The number of ether oxygens (including phenoxy) is 1.